The van der Waals surface area contributed by atoms with Crippen LogP contribution < -0.4 is 10.8 Å². The van der Waals surface area contributed by atoms with E-state index in [-0.39, 0.29) is 22.5 Å². The normalized spacial score (nSPS) is 11.3. The molecule has 0 atom stereocenters. The van der Waals surface area contributed by atoms with Crippen molar-refractivity contribution >= 4 is 41.5 Å². The van der Waals surface area contributed by atoms with Crippen molar-refractivity contribution < 1.29 is 29.1 Å². The number of carbonyl (C=O) groups excluding carboxylic acids is 2. The Hall–Kier alpha value is -3.51. The molecule has 0 unspecified atom stereocenters. The second-order valence-electron chi connectivity index (χ2n) is 7.62. The fourth-order valence-electron chi connectivity index (χ4n) is 2.74. The van der Waals surface area contributed by atoms with Gasteiger partial charge >= 0.3 is 19.2 Å². The first-order valence-electron chi connectivity index (χ1n) is 9.35. The first-order chi connectivity index (χ1) is 14.6. The van der Waals surface area contributed by atoms with Crippen LogP contribution >= 0.6 is 0 Å². The van der Waals surface area contributed by atoms with Crippen LogP contribution in [-0.2, 0) is 16.0 Å². The number of rotatable bonds is 5. The molecule has 0 saturated carbocycles. The van der Waals surface area contributed by atoms with Crippen LogP contribution in [0.2, 0.25) is 0 Å². The number of benzene rings is 1. The van der Waals surface area contributed by atoms with Crippen LogP contribution in [0.15, 0.2) is 30.6 Å². The van der Waals surface area contributed by atoms with Gasteiger partial charge in [-0.15, -0.1) is 0 Å². The molecule has 2 aromatic heterocycles. The van der Waals surface area contributed by atoms with E-state index in [1.807, 2.05) is 0 Å². The summed E-state index contributed by atoms with van der Waals surface area (Å²) in [5.41, 5.74) is 0.540. The molecular weight excluding hydrogens is 405 g/mol. The number of hydrogen-bond acceptors (Lipinski definition) is 10. The van der Waals surface area contributed by atoms with Crippen molar-refractivity contribution in [1.29, 1.82) is 0 Å². The number of hydrogen-bond donors (Lipinski definition) is 3. The molecule has 3 rings (SSSR count). The second kappa shape index (κ2) is 8.70. The molecule has 3 N–H and O–H groups in total. The van der Waals surface area contributed by atoms with E-state index in [9.17, 15) is 19.6 Å². The number of esters is 1. The summed E-state index contributed by atoms with van der Waals surface area (Å²) in [5, 5.41) is 25.6. The molecule has 11 nitrogen and oxygen atoms in total. The summed E-state index contributed by atoms with van der Waals surface area (Å²) in [5.74, 6) is -0.500. The third kappa shape index (κ3) is 4.98. The molecular formula is C19H22BN5O6. The van der Waals surface area contributed by atoms with Crippen molar-refractivity contribution in [3.8, 4) is 0 Å². The maximum absolute atomic E-state index is 12.7. The lowest BCUT2D eigenvalue weighted by atomic mass is 9.80. The summed E-state index contributed by atoms with van der Waals surface area (Å²) in [6.45, 7) is 5.42. The van der Waals surface area contributed by atoms with Crippen molar-refractivity contribution in [2.75, 3.05) is 12.4 Å². The number of anilines is 1. The highest BCUT2D eigenvalue weighted by Gasteiger charge is 2.28. The average Bonchev–Trinajstić information content (AvgIpc) is 3.11. The Balaban J connectivity index is 1.99. The Morgan fingerprint density at radius 2 is 1.84 bits per heavy atom. The zero-order chi connectivity index (χ0) is 22.8. The van der Waals surface area contributed by atoms with Gasteiger partial charge in [0.15, 0.2) is 11.5 Å². The molecule has 0 aliphatic carbocycles. The fraction of sp³-hybridized carbons (Fsp3) is 0.316. The van der Waals surface area contributed by atoms with Crippen molar-refractivity contribution in [3.05, 3.63) is 41.9 Å². The quantitative estimate of drug-likeness (QED) is 0.392. The van der Waals surface area contributed by atoms with E-state index in [1.54, 1.807) is 45.0 Å². The van der Waals surface area contributed by atoms with Gasteiger partial charge in [0, 0.05) is 6.54 Å². The van der Waals surface area contributed by atoms with E-state index in [0.717, 1.165) is 10.2 Å². The molecule has 0 aliphatic rings. The van der Waals surface area contributed by atoms with Gasteiger partial charge in [0.2, 0.25) is 0 Å². The molecule has 3 aromatic rings. The van der Waals surface area contributed by atoms with E-state index in [2.05, 4.69) is 20.4 Å². The molecule has 0 amide bonds. The highest BCUT2D eigenvalue weighted by Crippen LogP contribution is 2.24. The highest BCUT2D eigenvalue weighted by molar-refractivity contribution is 6.58. The monoisotopic (exact) mass is 427 g/mol. The molecule has 0 spiro atoms. The smallest absolute Gasteiger partial charge is 0.464 e. The highest BCUT2D eigenvalue weighted by atomic mass is 16.6. The van der Waals surface area contributed by atoms with Crippen LogP contribution in [0.4, 0.5) is 10.6 Å². The maximum Gasteiger partial charge on any atom is 0.488 e. The summed E-state index contributed by atoms with van der Waals surface area (Å²) in [7, 11) is -0.350. The number of ether oxygens (including phenoxy) is 2. The zero-order valence-corrected chi connectivity index (χ0v) is 17.5. The van der Waals surface area contributed by atoms with E-state index in [1.165, 1.54) is 13.4 Å². The number of nitrogens with zero attached hydrogens (tertiary/aromatic N) is 4. The second-order valence-corrected chi connectivity index (χ2v) is 7.62. The van der Waals surface area contributed by atoms with Crippen LogP contribution in [-0.4, -0.2) is 61.7 Å². The van der Waals surface area contributed by atoms with Gasteiger partial charge in [-0.1, -0.05) is 24.3 Å². The predicted molar refractivity (Wildman–Crippen MR) is 112 cm³/mol. The Morgan fingerprint density at radius 1 is 1.16 bits per heavy atom. The Morgan fingerprint density at radius 3 is 2.42 bits per heavy atom. The predicted octanol–water partition coefficient (Wildman–Crippen LogP) is 0.688. The van der Waals surface area contributed by atoms with Gasteiger partial charge in [-0.25, -0.2) is 19.6 Å². The third-order valence-electron chi connectivity index (χ3n) is 4.14. The molecule has 0 radical (unpaired) electrons. The maximum atomic E-state index is 12.7. The lowest BCUT2D eigenvalue weighted by molar-refractivity contribution is 0.0519. The largest absolute Gasteiger partial charge is 0.488 e. The number of nitrogens with one attached hydrogen (secondary N) is 1. The van der Waals surface area contributed by atoms with Crippen molar-refractivity contribution in [1.82, 2.24) is 19.7 Å². The van der Waals surface area contributed by atoms with Gasteiger partial charge in [0.1, 0.15) is 23.0 Å². The first-order valence-corrected chi connectivity index (χ1v) is 9.35. The van der Waals surface area contributed by atoms with Gasteiger partial charge in [-0.3, -0.25) is 0 Å². The average molecular weight is 427 g/mol. The van der Waals surface area contributed by atoms with E-state index in [0.29, 0.717) is 12.0 Å². The van der Waals surface area contributed by atoms with Gasteiger partial charge in [0.25, 0.3) is 0 Å². The zero-order valence-electron chi connectivity index (χ0n) is 17.5. The summed E-state index contributed by atoms with van der Waals surface area (Å²) >= 11 is 0. The summed E-state index contributed by atoms with van der Waals surface area (Å²) in [6.07, 6.45) is 0.440. The Kier molecular flexibility index (Phi) is 6.23. The van der Waals surface area contributed by atoms with E-state index in [4.69, 9.17) is 9.47 Å². The third-order valence-corrected chi connectivity index (χ3v) is 4.14. The molecule has 162 valence electrons. The molecule has 12 heteroatoms. The van der Waals surface area contributed by atoms with Crippen LogP contribution in [0.1, 0.15) is 36.8 Å². The van der Waals surface area contributed by atoms with Gasteiger partial charge in [-0.05, 0) is 31.8 Å². The standard InChI is InChI=1S/C19H22BN5O6/c1-19(2,3)31-18(27)25-15-13(14(24-25)17(26)30-4)22-10-23-16(15)21-9-11-5-7-12(8-6-11)20(28)29/h5-8,10,28-29H,9H2,1-4H3,(H,21,22,23). The van der Waals surface area contributed by atoms with Crippen molar-refractivity contribution in [2.45, 2.75) is 32.9 Å². The minimum atomic E-state index is -1.55. The Labute approximate surface area is 178 Å². The van der Waals surface area contributed by atoms with Crippen molar-refractivity contribution in [2.24, 2.45) is 0 Å². The summed E-state index contributed by atoms with van der Waals surface area (Å²) in [6, 6.07) is 6.59. The molecule has 0 fully saturated rings. The van der Waals surface area contributed by atoms with E-state index < -0.39 is 24.8 Å². The van der Waals surface area contributed by atoms with Crippen LogP contribution in [0.25, 0.3) is 11.0 Å². The Bertz CT molecular complexity index is 1110. The summed E-state index contributed by atoms with van der Waals surface area (Å²) < 4.78 is 11.1. The number of carbonyl (C=O) groups is 2. The van der Waals surface area contributed by atoms with Crippen LogP contribution in [0.3, 0.4) is 0 Å². The topological polar surface area (TPSA) is 149 Å². The van der Waals surface area contributed by atoms with Crippen LogP contribution in [0.5, 0.6) is 0 Å². The lowest BCUT2D eigenvalue weighted by Crippen LogP contribution is -2.29. The molecule has 2 heterocycles. The number of aromatic nitrogens is 4. The molecule has 31 heavy (non-hydrogen) atoms. The molecule has 0 bridgehead atoms. The van der Waals surface area contributed by atoms with Gasteiger partial charge in [0.05, 0.1) is 7.11 Å². The minimum absolute atomic E-state index is 0.133. The number of methoxy groups -OCH3 is 1. The van der Waals surface area contributed by atoms with Gasteiger partial charge in [-0.2, -0.15) is 9.78 Å². The molecule has 0 saturated heterocycles. The van der Waals surface area contributed by atoms with E-state index >= 15 is 0 Å². The first kappa shape index (κ1) is 22.2. The fourth-order valence-corrected chi connectivity index (χ4v) is 2.74. The van der Waals surface area contributed by atoms with Crippen molar-refractivity contribution in [3.63, 3.8) is 0 Å². The minimum Gasteiger partial charge on any atom is -0.464 e. The van der Waals surface area contributed by atoms with Gasteiger partial charge < -0.3 is 24.8 Å². The lowest BCUT2D eigenvalue weighted by Gasteiger charge is -2.19. The SMILES string of the molecule is COC(=O)c1nn(C(=O)OC(C)(C)C)c2c(NCc3ccc(B(O)O)cc3)ncnc12. The molecule has 1 aromatic carbocycles. The number of fused-ring (bicyclic) bond motifs is 1. The molecule has 0 aliphatic heterocycles. The summed E-state index contributed by atoms with van der Waals surface area (Å²) in [4.78, 5) is 33.2. The van der Waals surface area contributed by atoms with Crippen LogP contribution in [0, 0.1) is 0 Å².